The van der Waals surface area contributed by atoms with Crippen molar-refractivity contribution in [2.45, 2.75) is 26.7 Å². The van der Waals surface area contributed by atoms with Crippen molar-refractivity contribution in [2.75, 3.05) is 13.1 Å². The lowest BCUT2D eigenvalue weighted by atomic mass is 9.81. The van der Waals surface area contributed by atoms with Crippen LogP contribution in [0, 0.1) is 35.5 Å². The van der Waals surface area contributed by atoms with Gasteiger partial charge < -0.3 is 10.0 Å². The number of piperidine rings is 1. The summed E-state index contributed by atoms with van der Waals surface area (Å²) in [6.07, 6.45) is 6.05. The molecule has 0 aromatic rings. The highest BCUT2D eigenvalue weighted by Gasteiger charge is 2.52. The first kappa shape index (κ1) is 13.7. The largest absolute Gasteiger partial charge is 0.481 e. The number of amides is 1. The maximum absolute atomic E-state index is 12.8. The molecule has 110 valence electrons. The Bertz CT molecular complexity index is 449. The average Bonchev–Trinajstić information content (AvgIpc) is 2.96. The Kier molecular flexibility index (Phi) is 3.35. The normalized spacial score (nSPS) is 43.0. The summed E-state index contributed by atoms with van der Waals surface area (Å²) in [5, 5.41) is 9.45. The van der Waals surface area contributed by atoms with Crippen molar-refractivity contribution >= 4 is 11.9 Å². The lowest BCUT2D eigenvalue weighted by Gasteiger charge is -2.38. The van der Waals surface area contributed by atoms with Gasteiger partial charge in [-0.1, -0.05) is 26.0 Å². The van der Waals surface area contributed by atoms with E-state index in [9.17, 15) is 14.7 Å². The number of carboxylic acid groups (broad SMARTS) is 1. The number of aliphatic carboxylic acids is 1. The van der Waals surface area contributed by atoms with Crippen LogP contribution in [0.4, 0.5) is 0 Å². The van der Waals surface area contributed by atoms with Crippen molar-refractivity contribution in [3.8, 4) is 0 Å². The van der Waals surface area contributed by atoms with Crippen LogP contribution in [0.1, 0.15) is 26.7 Å². The SMILES string of the molecule is C[C@@H]1C[C@H](C)CN(C(=O)[C@H]2[C@@H](C(=O)O)[C@H]3C=C[C@@H]2C3)C1. The summed E-state index contributed by atoms with van der Waals surface area (Å²) < 4.78 is 0. The van der Waals surface area contributed by atoms with E-state index in [4.69, 9.17) is 0 Å². The second-order valence-electron chi connectivity index (χ2n) is 7.03. The fourth-order valence-electron chi connectivity index (χ4n) is 4.55. The summed E-state index contributed by atoms with van der Waals surface area (Å²) >= 11 is 0. The van der Waals surface area contributed by atoms with Crippen LogP contribution >= 0.6 is 0 Å². The van der Waals surface area contributed by atoms with E-state index in [0.717, 1.165) is 25.9 Å². The molecular weight excluding hydrogens is 254 g/mol. The molecule has 2 bridgehead atoms. The Morgan fingerprint density at radius 2 is 1.55 bits per heavy atom. The van der Waals surface area contributed by atoms with Crippen molar-refractivity contribution in [3.05, 3.63) is 12.2 Å². The van der Waals surface area contributed by atoms with Crippen LogP contribution < -0.4 is 0 Å². The van der Waals surface area contributed by atoms with Crippen molar-refractivity contribution in [1.29, 1.82) is 0 Å². The number of hydrogen-bond donors (Lipinski definition) is 1. The molecule has 2 aliphatic carbocycles. The molecule has 3 rings (SSSR count). The third-order valence-electron chi connectivity index (χ3n) is 5.21. The van der Waals surface area contributed by atoms with Crippen LogP contribution in [0.2, 0.25) is 0 Å². The fourth-order valence-corrected chi connectivity index (χ4v) is 4.55. The summed E-state index contributed by atoms with van der Waals surface area (Å²) in [5.41, 5.74) is 0. The Morgan fingerprint density at radius 3 is 2.10 bits per heavy atom. The lowest BCUT2D eigenvalue weighted by molar-refractivity contribution is -0.152. The molecule has 3 aliphatic rings. The van der Waals surface area contributed by atoms with Crippen LogP contribution in [-0.2, 0) is 9.59 Å². The molecule has 4 heteroatoms. The van der Waals surface area contributed by atoms with E-state index in [1.165, 1.54) is 0 Å². The number of likely N-dealkylation sites (tertiary alicyclic amines) is 1. The quantitative estimate of drug-likeness (QED) is 0.786. The zero-order chi connectivity index (χ0) is 14.4. The first-order valence-corrected chi connectivity index (χ1v) is 7.67. The summed E-state index contributed by atoms with van der Waals surface area (Å²) in [5.74, 6) is -0.344. The number of carbonyl (C=O) groups excluding carboxylic acids is 1. The Hall–Kier alpha value is -1.32. The van der Waals surface area contributed by atoms with Gasteiger partial charge in [-0.15, -0.1) is 0 Å². The van der Waals surface area contributed by atoms with Gasteiger partial charge in [-0.2, -0.15) is 0 Å². The Balaban J connectivity index is 1.79. The fraction of sp³-hybridized carbons (Fsp3) is 0.750. The highest BCUT2D eigenvalue weighted by molar-refractivity contribution is 5.87. The van der Waals surface area contributed by atoms with Crippen LogP contribution in [0.15, 0.2) is 12.2 Å². The van der Waals surface area contributed by atoms with Crippen molar-refractivity contribution < 1.29 is 14.7 Å². The predicted octanol–water partition coefficient (Wildman–Crippen LogP) is 2.01. The molecule has 20 heavy (non-hydrogen) atoms. The molecular formula is C16H23NO3. The van der Waals surface area contributed by atoms with Gasteiger partial charge in [0.25, 0.3) is 0 Å². The van der Waals surface area contributed by atoms with E-state index in [1.54, 1.807) is 0 Å². The maximum atomic E-state index is 12.8. The second-order valence-corrected chi connectivity index (χ2v) is 7.03. The molecule has 6 atom stereocenters. The van der Waals surface area contributed by atoms with E-state index < -0.39 is 11.9 Å². The third-order valence-corrected chi connectivity index (χ3v) is 5.21. The number of carboxylic acids is 1. The molecule has 0 aromatic heterocycles. The monoisotopic (exact) mass is 277 g/mol. The molecule has 1 N–H and O–H groups in total. The Labute approximate surface area is 119 Å². The van der Waals surface area contributed by atoms with Gasteiger partial charge in [0.05, 0.1) is 11.8 Å². The molecule has 0 radical (unpaired) electrons. The van der Waals surface area contributed by atoms with Crippen LogP contribution in [0.3, 0.4) is 0 Å². The summed E-state index contributed by atoms with van der Waals surface area (Å²) in [7, 11) is 0. The molecule has 0 spiro atoms. The number of allylic oxidation sites excluding steroid dienone is 2. The summed E-state index contributed by atoms with van der Waals surface area (Å²) in [6, 6.07) is 0. The van der Waals surface area contributed by atoms with E-state index in [2.05, 4.69) is 19.9 Å². The van der Waals surface area contributed by atoms with Gasteiger partial charge >= 0.3 is 5.97 Å². The zero-order valence-corrected chi connectivity index (χ0v) is 12.2. The smallest absolute Gasteiger partial charge is 0.307 e. The van der Waals surface area contributed by atoms with E-state index in [-0.39, 0.29) is 23.7 Å². The molecule has 1 heterocycles. The van der Waals surface area contributed by atoms with Gasteiger partial charge in [0.1, 0.15) is 0 Å². The maximum Gasteiger partial charge on any atom is 0.307 e. The summed E-state index contributed by atoms with van der Waals surface area (Å²) in [6.45, 7) is 5.91. The first-order chi connectivity index (χ1) is 9.47. The zero-order valence-electron chi connectivity index (χ0n) is 12.2. The lowest BCUT2D eigenvalue weighted by Crippen LogP contribution is -2.48. The highest BCUT2D eigenvalue weighted by Crippen LogP contribution is 2.49. The van der Waals surface area contributed by atoms with Gasteiger partial charge in [-0.05, 0) is 36.5 Å². The highest BCUT2D eigenvalue weighted by atomic mass is 16.4. The molecule has 1 saturated heterocycles. The molecule has 1 amide bonds. The van der Waals surface area contributed by atoms with Crippen LogP contribution in [0.5, 0.6) is 0 Å². The molecule has 1 saturated carbocycles. The number of hydrogen-bond acceptors (Lipinski definition) is 2. The molecule has 2 fully saturated rings. The minimum Gasteiger partial charge on any atom is -0.481 e. The topological polar surface area (TPSA) is 57.6 Å². The molecule has 0 aromatic carbocycles. The third kappa shape index (κ3) is 2.15. The minimum absolute atomic E-state index is 0.0612. The average molecular weight is 277 g/mol. The van der Waals surface area contributed by atoms with Gasteiger partial charge in [0.2, 0.25) is 5.91 Å². The second kappa shape index (κ2) is 4.90. The molecule has 1 aliphatic heterocycles. The van der Waals surface area contributed by atoms with E-state index in [0.29, 0.717) is 11.8 Å². The van der Waals surface area contributed by atoms with Gasteiger partial charge in [0, 0.05) is 13.1 Å². The van der Waals surface area contributed by atoms with Crippen molar-refractivity contribution in [1.82, 2.24) is 4.90 Å². The molecule has 4 nitrogen and oxygen atoms in total. The summed E-state index contributed by atoms with van der Waals surface area (Å²) in [4.78, 5) is 26.3. The van der Waals surface area contributed by atoms with Crippen LogP contribution in [-0.4, -0.2) is 35.0 Å². The van der Waals surface area contributed by atoms with Crippen molar-refractivity contribution in [2.24, 2.45) is 35.5 Å². The van der Waals surface area contributed by atoms with E-state index in [1.807, 2.05) is 11.0 Å². The number of nitrogens with zero attached hydrogens (tertiary/aromatic N) is 1. The number of rotatable bonds is 2. The van der Waals surface area contributed by atoms with Crippen LogP contribution in [0.25, 0.3) is 0 Å². The minimum atomic E-state index is -0.807. The van der Waals surface area contributed by atoms with E-state index >= 15 is 0 Å². The van der Waals surface area contributed by atoms with Gasteiger partial charge in [-0.3, -0.25) is 9.59 Å². The van der Waals surface area contributed by atoms with Crippen molar-refractivity contribution in [3.63, 3.8) is 0 Å². The predicted molar refractivity (Wildman–Crippen MR) is 74.9 cm³/mol. The molecule has 0 unspecified atom stereocenters. The van der Waals surface area contributed by atoms with Gasteiger partial charge in [-0.25, -0.2) is 0 Å². The number of fused-ring (bicyclic) bond motifs is 2. The Morgan fingerprint density at radius 1 is 1.00 bits per heavy atom. The standard InChI is InChI=1S/C16H23NO3/c1-9-5-10(2)8-17(7-9)15(18)13-11-3-4-12(6-11)14(13)16(19)20/h3-4,9-14H,5-8H2,1-2H3,(H,19,20)/t9-,10+,11-,12+,13-,14+/m1/s1. The number of carbonyl (C=O) groups is 2. The van der Waals surface area contributed by atoms with Gasteiger partial charge in [0.15, 0.2) is 0 Å². The first-order valence-electron chi connectivity index (χ1n) is 7.67.